The molecule has 2 aliphatic heterocycles. The van der Waals surface area contributed by atoms with Crippen LogP contribution in [0.25, 0.3) is 0 Å². The van der Waals surface area contributed by atoms with Gasteiger partial charge >= 0.3 is 0 Å². The average molecular weight is 413 g/mol. The quantitative estimate of drug-likeness (QED) is 0.660. The Morgan fingerprint density at radius 3 is 2.57 bits per heavy atom. The smallest absolute Gasteiger partial charge is 0.252 e. The maximum absolute atomic E-state index is 12.9. The first-order valence-corrected chi connectivity index (χ1v) is 10.4. The highest BCUT2D eigenvalue weighted by Gasteiger charge is 2.38. The Balaban J connectivity index is 1.43. The van der Waals surface area contributed by atoms with E-state index >= 15 is 0 Å². The summed E-state index contributed by atoms with van der Waals surface area (Å²) < 4.78 is 10.6. The van der Waals surface area contributed by atoms with Crippen LogP contribution in [-0.4, -0.2) is 55.1 Å². The van der Waals surface area contributed by atoms with Crippen LogP contribution in [0, 0.1) is 11.8 Å². The minimum atomic E-state index is -0.680. The third-order valence-electron chi connectivity index (χ3n) is 5.87. The monoisotopic (exact) mass is 413 g/mol. The first-order chi connectivity index (χ1) is 14.6. The van der Waals surface area contributed by atoms with Crippen molar-refractivity contribution in [1.82, 2.24) is 15.5 Å². The Hall–Kier alpha value is -3.03. The van der Waals surface area contributed by atoms with E-state index in [1.807, 2.05) is 4.90 Å². The lowest BCUT2D eigenvalue weighted by molar-refractivity contribution is -0.134. The maximum Gasteiger partial charge on any atom is 0.252 e. The Kier molecular flexibility index (Phi) is 5.92. The van der Waals surface area contributed by atoms with Crippen LogP contribution in [-0.2, 0) is 9.59 Å². The van der Waals surface area contributed by atoms with Gasteiger partial charge in [-0.15, -0.1) is 6.58 Å². The molecule has 3 aliphatic rings. The summed E-state index contributed by atoms with van der Waals surface area (Å²) in [5.41, 5.74) is 0.405. The number of rotatable bonds is 7. The molecule has 8 heteroatoms. The standard InChI is InChI=1S/C22H27N3O5/c1-2-9-23-21(27)19(14-7-10-25(11-8-14)22(28)15-3-4-15)24-20(26)16-5-6-17-18(12-16)30-13-29-17/h2,5-6,12,14-15,19H,1,3-4,7-11,13H2,(H,23,27)(H,24,26)/t19-/m1/s1. The molecule has 160 valence electrons. The van der Waals surface area contributed by atoms with Crippen molar-refractivity contribution in [2.24, 2.45) is 11.8 Å². The highest BCUT2D eigenvalue weighted by Crippen LogP contribution is 2.34. The van der Waals surface area contributed by atoms with Crippen molar-refractivity contribution in [3.05, 3.63) is 36.4 Å². The van der Waals surface area contributed by atoms with Crippen molar-refractivity contribution in [3.63, 3.8) is 0 Å². The Morgan fingerprint density at radius 2 is 1.87 bits per heavy atom. The SMILES string of the molecule is C=CCNC(=O)[C@H](NC(=O)c1ccc2c(c1)OCO2)C1CCN(C(=O)C2CC2)CC1. The molecule has 2 N–H and O–H groups in total. The van der Waals surface area contributed by atoms with E-state index in [-0.39, 0.29) is 36.4 Å². The summed E-state index contributed by atoms with van der Waals surface area (Å²) in [7, 11) is 0. The van der Waals surface area contributed by atoms with Crippen molar-refractivity contribution >= 4 is 17.7 Å². The van der Waals surface area contributed by atoms with Gasteiger partial charge in [-0.25, -0.2) is 0 Å². The van der Waals surface area contributed by atoms with Crippen molar-refractivity contribution in [2.75, 3.05) is 26.4 Å². The molecule has 1 saturated carbocycles. The summed E-state index contributed by atoms with van der Waals surface area (Å²) in [6.45, 7) is 5.32. The molecule has 30 heavy (non-hydrogen) atoms. The molecule has 1 saturated heterocycles. The Morgan fingerprint density at radius 1 is 1.13 bits per heavy atom. The van der Waals surface area contributed by atoms with E-state index in [1.165, 1.54) is 0 Å². The summed E-state index contributed by atoms with van der Waals surface area (Å²) in [6, 6.07) is 4.28. The number of hydrogen-bond acceptors (Lipinski definition) is 5. The molecule has 0 radical (unpaired) electrons. The van der Waals surface area contributed by atoms with E-state index in [0.29, 0.717) is 49.5 Å². The van der Waals surface area contributed by atoms with Crippen LogP contribution in [0.1, 0.15) is 36.0 Å². The number of fused-ring (bicyclic) bond motifs is 1. The van der Waals surface area contributed by atoms with Gasteiger partial charge in [-0.2, -0.15) is 0 Å². The third-order valence-corrected chi connectivity index (χ3v) is 5.87. The van der Waals surface area contributed by atoms with E-state index in [0.717, 1.165) is 12.8 Å². The van der Waals surface area contributed by atoms with Crippen LogP contribution in [0.2, 0.25) is 0 Å². The van der Waals surface area contributed by atoms with Crippen molar-refractivity contribution in [2.45, 2.75) is 31.7 Å². The van der Waals surface area contributed by atoms with Crippen molar-refractivity contribution in [3.8, 4) is 11.5 Å². The molecule has 2 heterocycles. The van der Waals surface area contributed by atoms with Crippen LogP contribution in [0.3, 0.4) is 0 Å². The van der Waals surface area contributed by atoms with Gasteiger partial charge in [-0.1, -0.05) is 6.08 Å². The summed E-state index contributed by atoms with van der Waals surface area (Å²) >= 11 is 0. The molecular weight excluding hydrogens is 386 g/mol. The van der Waals surface area contributed by atoms with Crippen LogP contribution in [0.4, 0.5) is 0 Å². The van der Waals surface area contributed by atoms with Crippen LogP contribution >= 0.6 is 0 Å². The van der Waals surface area contributed by atoms with Crippen LogP contribution in [0.5, 0.6) is 11.5 Å². The third kappa shape index (κ3) is 4.42. The van der Waals surface area contributed by atoms with E-state index in [9.17, 15) is 14.4 Å². The molecule has 1 aliphatic carbocycles. The number of likely N-dealkylation sites (tertiary alicyclic amines) is 1. The minimum absolute atomic E-state index is 0.0453. The number of nitrogens with zero attached hydrogens (tertiary/aromatic N) is 1. The number of piperidine rings is 1. The normalized spacial score (nSPS) is 19.1. The topological polar surface area (TPSA) is 97.0 Å². The van der Waals surface area contributed by atoms with Crippen molar-refractivity contribution in [1.29, 1.82) is 0 Å². The van der Waals surface area contributed by atoms with E-state index in [4.69, 9.17) is 9.47 Å². The number of nitrogens with one attached hydrogen (secondary N) is 2. The number of carbonyl (C=O) groups is 3. The van der Waals surface area contributed by atoms with Gasteiger partial charge in [-0.3, -0.25) is 14.4 Å². The van der Waals surface area contributed by atoms with Crippen LogP contribution < -0.4 is 20.1 Å². The number of ether oxygens (including phenoxy) is 2. The molecule has 8 nitrogen and oxygen atoms in total. The number of benzene rings is 1. The fraction of sp³-hybridized carbons (Fsp3) is 0.500. The second-order valence-corrected chi connectivity index (χ2v) is 7.99. The molecule has 4 rings (SSSR count). The Bertz CT molecular complexity index is 843. The number of carbonyl (C=O) groups excluding carboxylic acids is 3. The number of amides is 3. The lowest BCUT2D eigenvalue weighted by Gasteiger charge is -2.36. The van der Waals surface area contributed by atoms with E-state index in [1.54, 1.807) is 24.3 Å². The zero-order valence-electron chi connectivity index (χ0n) is 16.9. The number of hydrogen-bond donors (Lipinski definition) is 2. The largest absolute Gasteiger partial charge is 0.454 e. The van der Waals surface area contributed by atoms with Gasteiger partial charge in [0, 0.05) is 31.1 Å². The first-order valence-electron chi connectivity index (χ1n) is 10.4. The molecule has 1 aromatic carbocycles. The van der Waals surface area contributed by atoms with Crippen molar-refractivity contribution < 1.29 is 23.9 Å². The van der Waals surface area contributed by atoms with E-state index < -0.39 is 6.04 Å². The molecular formula is C22H27N3O5. The summed E-state index contributed by atoms with van der Waals surface area (Å²) in [6.07, 6.45) is 4.91. The lowest BCUT2D eigenvalue weighted by atomic mass is 9.88. The maximum atomic E-state index is 12.9. The van der Waals surface area contributed by atoms with Crippen LogP contribution in [0.15, 0.2) is 30.9 Å². The highest BCUT2D eigenvalue weighted by atomic mass is 16.7. The first kappa shape index (κ1) is 20.3. The van der Waals surface area contributed by atoms with Gasteiger partial charge in [0.2, 0.25) is 18.6 Å². The molecule has 0 spiro atoms. The average Bonchev–Trinajstić information content (AvgIpc) is 3.52. The van der Waals surface area contributed by atoms with Gasteiger partial charge in [0.1, 0.15) is 6.04 Å². The molecule has 0 bridgehead atoms. The van der Waals surface area contributed by atoms with Gasteiger partial charge in [0.15, 0.2) is 11.5 Å². The second kappa shape index (κ2) is 8.77. The fourth-order valence-corrected chi connectivity index (χ4v) is 3.98. The zero-order chi connectivity index (χ0) is 21.1. The second-order valence-electron chi connectivity index (χ2n) is 7.99. The molecule has 0 aromatic heterocycles. The van der Waals surface area contributed by atoms with Gasteiger partial charge in [0.25, 0.3) is 5.91 Å². The predicted octanol–water partition coefficient (Wildman–Crippen LogP) is 1.46. The molecule has 0 unspecified atom stereocenters. The van der Waals surface area contributed by atoms with Gasteiger partial charge in [-0.05, 0) is 49.8 Å². The van der Waals surface area contributed by atoms with Gasteiger partial charge < -0.3 is 25.0 Å². The summed E-state index contributed by atoms with van der Waals surface area (Å²) in [5, 5.41) is 5.69. The molecule has 3 amide bonds. The van der Waals surface area contributed by atoms with E-state index in [2.05, 4.69) is 17.2 Å². The molecule has 1 atom stereocenters. The highest BCUT2D eigenvalue weighted by molar-refractivity contribution is 5.98. The summed E-state index contributed by atoms with van der Waals surface area (Å²) in [5.74, 6) is 0.904. The zero-order valence-corrected chi connectivity index (χ0v) is 16.9. The fourth-order valence-electron chi connectivity index (χ4n) is 3.98. The predicted molar refractivity (Wildman–Crippen MR) is 109 cm³/mol. The summed E-state index contributed by atoms with van der Waals surface area (Å²) in [4.78, 5) is 39.9. The molecule has 1 aromatic rings. The van der Waals surface area contributed by atoms with Gasteiger partial charge in [0.05, 0.1) is 0 Å². The minimum Gasteiger partial charge on any atom is -0.454 e. The lowest BCUT2D eigenvalue weighted by Crippen LogP contribution is -2.54. The molecule has 2 fully saturated rings. The Labute approximate surface area is 175 Å².